The van der Waals surface area contributed by atoms with E-state index in [9.17, 15) is 9.18 Å². The summed E-state index contributed by atoms with van der Waals surface area (Å²) >= 11 is 0. The van der Waals surface area contributed by atoms with Gasteiger partial charge < -0.3 is 4.74 Å². The summed E-state index contributed by atoms with van der Waals surface area (Å²) in [5, 5.41) is 0. The molecule has 3 heteroatoms. The van der Waals surface area contributed by atoms with Crippen molar-refractivity contribution in [2.24, 2.45) is 5.92 Å². The zero-order valence-corrected chi connectivity index (χ0v) is 8.09. The molecule has 0 aromatic heterocycles. The van der Waals surface area contributed by atoms with Crippen LogP contribution < -0.4 is 0 Å². The summed E-state index contributed by atoms with van der Waals surface area (Å²) in [6.07, 6.45) is 3.98. The Kier molecular flexibility index (Phi) is 4.19. The molecule has 0 heterocycles. The smallest absolute Gasteiger partial charge is 0.305 e. The second-order valence-electron chi connectivity index (χ2n) is 3.69. The molecule has 2 nitrogen and oxygen atoms in total. The van der Waals surface area contributed by atoms with Crippen molar-refractivity contribution in [3.63, 3.8) is 0 Å². The standard InChI is InChI=1S/C10H17FO2/c1-13-10(12)7-8-5-3-2-4-6-9(8)11/h8-9H,2-7H2,1H3. The Labute approximate surface area is 78.5 Å². The first kappa shape index (κ1) is 10.5. The Morgan fingerprint density at radius 1 is 1.38 bits per heavy atom. The third-order valence-corrected chi connectivity index (χ3v) is 2.72. The van der Waals surface area contributed by atoms with Crippen LogP contribution in [-0.4, -0.2) is 19.3 Å². The van der Waals surface area contributed by atoms with Crippen LogP contribution in [0, 0.1) is 5.92 Å². The largest absolute Gasteiger partial charge is 0.469 e. The predicted molar refractivity (Wildman–Crippen MR) is 48.1 cm³/mol. The molecule has 0 saturated heterocycles. The summed E-state index contributed by atoms with van der Waals surface area (Å²) in [6.45, 7) is 0. The lowest BCUT2D eigenvalue weighted by atomic mass is 9.95. The van der Waals surface area contributed by atoms with Gasteiger partial charge in [-0.2, -0.15) is 0 Å². The van der Waals surface area contributed by atoms with Crippen LogP contribution in [0.5, 0.6) is 0 Å². The molecule has 0 amide bonds. The van der Waals surface area contributed by atoms with Gasteiger partial charge in [0.2, 0.25) is 0 Å². The number of halogens is 1. The van der Waals surface area contributed by atoms with Crippen molar-refractivity contribution in [3.05, 3.63) is 0 Å². The maximum atomic E-state index is 13.4. The topological polar surface area (TPSA) is 26.3 Å². The van der Waals surface area contributed by atoms with Gasteiger partial charge in [0.05, 0.1) is 13.5 Å². The molecule has 76 valence electrons. The molecule has 1 rings (SSSR count). The Morgan fingerprint density at radius 3 is 2.77 bits per heavy atom. The van der Waals surface area contributed by atoms with Gasteiger partial charge in [-0.15, -0.1) is 0 Å². The van der Waals surface area contributed by atoms with E-state index in [1.807, 2.05) is 0 Å². The second-order valence-corrected chi connectivity index (χ2v) is 3.69. The fourth-order valence-corrected chi connectivity index (χ4v) is 1.87. The number of methoxy groups -OCH3 is 1. The summed E-state index contributed by atoms with van der Waals surface area (Å²) < 4.78 is 17.9. The van der Waals surface area contributed by atoms with Gasteiger partial charge in [-0.05, 0) is 12.8 Å². The molecule has 1 fully saturated rings. The molecule has 1 aliphatic rings. The molecule has 0 aromatic carbocycles. The molecule has 0 radical (unpaired) electrons. The van der Waals surface area contributed by atoms with Crippen molar-refractivity contribution in [3.8, 4) is 0 Å². The van der Waals surface area contributed by atoms with E-state index in [4.69, 9.17) is 0 Å². The minimum Gasteiger partial charge on any atom is -0.469 e. The van der Waals surface area contributed by atoms with Gasteiger partial charge in [0.15, 0.2) is 0 Å². The zero-order chi connectivity index (χ0) is 9.68. The van der Waals surface area contributed by atoms with Crippen LogP contribution in [-0.2, 0) is 9.53 Å². The van der Waals surface area contributed by atoms with E-state index < -0.39 is 6.17 Å². The van der Waals surface area contributed by atoms with Gasteiger partial charge in [-0.25, -0.2) is 4.39 Å². The van der Waals surface area contributed by atoms with Crippen molar-refractivity contribution in [1.29, 1.82) is 0 Å². The zero-order valence-electron chi connectivity index (χ0n) is 8.09. The van der Waals surface area contributed by atoms with Crippen LogP contribution in [0.1, 0.15) is 38.5 Å². The number of carbonyl (C=O) groups excluding carboxylic acids is 1. The van der Waals surface area contributed by atoms with Crippen LogP contribution in [0.15, 0.2) is 0 Å². The molecular formula is C10H17FO2. The van der Waals surface area contributed by atoms with Gasteiger partial charge >= 0.3 is 5.97 Å². The highest BCUT2D eigenvalue weighted by Gasteiger charge is 2.25. The third-order valence-electron chi connectivity index (χ3n) is 2.72. The van der Waals surface area contributed by atoms with Gasteiger partial charge in [0, 0.05) is 5.92 Å². The van der Waals surface area contributed by atoms with E-state index in [0.29, 0.717) is 6.42 Å². The highest BCUT2D eigenvalue weighted by atomic mass is 19.1. The van der Waals surface area contributed by atoms with Gasteiger partial charge in [0.25, 0.3) is 0 Å². The maximum absolute atomic E-state index is 13.4. The lowest BCUT2D eigenvalue weighted by Crippen LogP contribution is -2.19. The lowest BCUT2D eigenvalue weighted by Gasteiger charge is -2.16. The van der Waals surface area contributed by atoms with Crippen LogP contribution >= 0.6 is 0 Å². The molecule has 2 unspecified atom stereocenters. The SMILES string of the molecule is COC(=O)CC1CCCCCC1F. The minimum absolute atomic E-state index is 0.102. The van der Waals surface area contributed by atoms with Crippen LogP contribution in [0.25, 0.3) is 0 Å². The Morgan fingerprint density at radius 2 is 2.08 bits per heavy atom. The lowest BCUT2D eigenvalue weighted by molar-refractivity contribution is -0.142. The number of ether oxygens (including phenoxy) is 1. The molecule has 1 saturated carbocycles. The number of carbonyl (C=O) groups is 1. The second kappa shape index (κ2) is 5.20. The van der Waals surface area contributed by atoms with Gasteiger partial charge in [-0.1, -0.05) is 19.3 Å². The average Bonchev–Trinajstić information content (AvgIpc) is 2.32. The number of rotatable bonds is 2. The van der Waals surface area contributed by atoms with E-state index in [1.165, 1.54) is 7.11 Å². The van der Waals surface area contributed by atoms with E-state index >= 15 is 0 Å². The van der Waals surface area contributed by atoms with Crippen LogP contribution in [0.4, 0.5) is 4.39 Å². The Bertz CT molecular complexity index is 170. The fraction of sp³-hybridized carbons (Fsp3) is 0.900. The number of hydrogen-bond donors (Lipinski definition) is 0. The van der Waals surface area contributed by atoms with Crippen molar-refractivity contribution in [2.45, 2.75) is 44.7 Å². The molecule has 0 aromatic rings. The molecule has 2 atom stereocenters. The molecule has 13 heavy (non-hydrogen) atoms. The minimum atomic E-state index is -0.804. The third kappa shape index (κ3) is 3.33. The van der Waals surface area contributed by atoms with E-state index in [0.717, 1.165) is 25.7 Å². The molecule has 0 spiro atoms. The van der Waals surface area contributed by atoms with E-state index in [-0.39, 0.29) is 18.3 Å². The number of alkyl halides is 1. The van der Waals surface area contributed by atoms with E-state index in [2.05, 4.69) is 4.74 Å². The highest BCUT2D eigenvalue weighted by molar-refractivity contribution is 5.69. The molecule has 0 bridgehead atoms. The Hall–Kier alpha value is -0.600. The summed E-state index contributed by atoms with van der Waals surface area (Å²) in [6, 6.07) is 0. The first-order valence-corrected chi connectivity index (χ1v) is 4.95. The first-order chi connectivity index (χ1) is 6.24. The summed E-state index contributed by atoms with van der Waals surface area (Å²) in [5.41, 5.74) is 0. The monoisotopic (exact) mass is 188 g/mol. The summed E-state index contributed by atoms with van der Waals surface area (Å²) in [7, 11) is 1.35. The van der Waals surface area contributed by atoms with E-state index in [1.54, 1.807) is 0 Å². The summed E-state index contributed by atoms with van der Waals surface area (Å²) in [4.78, 5) is 10.9. The van der Waals surface area contributed by atoms with Crippen molar-refractivity contribution in [2.75, 3.05) is 7.11 Å². The summed E-state index contributed by atoms with van der Waals surface area (Å²) in [5.74, 6) is -0.385. The van der Waals surface area contributed by atoms with Crippen LogP contribution in [0.2, 0.25) is 0 Å². The molecule has 0 N–H and O–H groups in total. The van der Waals surface area contributed by atoms with Gasteiger partial charge in [-0.3, -0.25) is 4.79 Å². The number of esters is 1. The van der Waals surface area contributed by atoms with Crippen LogP contribution in [0.3, 0.4) is 0 Å². The van der Waals surface area contributed by atoms with Crippen molar-refractivity contribution < 1.29 is 13.9 Å². The van der Waals surface area contributed by atoms with Crippen molar-refractivity contribution >= 4 is 5.97 Å². The van der Waals surface area contributed by atoms with Gasteiger partial charge in [0.1, 0.15) is 6.17 Å². The predicted octanol–water partition coefficient (Wildman–Crippen LogP) is 2.47. The molecule has 1 aliphatic carbocycles. The highest BCUT2D eigenvalue weighted by Crippen LogP contribution is 2.28. The quantitative estimate of drug-likeness (QED) is 0.491. The van der Waals surface area contributed by atoms with Crippen molar-refractivity contribution in [1.82, 2.24) is 0 Å². The average molecular weight is 188 g/mol. The maximum Gasteiger partial charge on any atom is 0.305 e. The molecule has 0 aliphatic heterocycles. The fourth-order valence-electron chi connectivity index (χ4n) is 1.87. The Balaban J connectivity index is 2.40. The first-order valence-electron chi connectivity index (χ1n) is 4.95. The normalized spacial score (nSPS) is 29.4. The molecular weight excluding hydrogens is 171 g/mol. The number of hydrogen-bond acceptors (Lipinski definition) is 2.